The van der Waals surface area contributed by atoms with Gasteiger partial charge in [-0.1, -0.05) is 0 Å². The predicted octanol–water partition coefficient (Wildman–Crippen LogP) is 1.56. The monoisotopic (exact) mass is 300 g/mol. The van der Waals surface area contributed by atoms with E-state index in [0.717, 1.165) is 22.7 Å². The zero-order chi connectivity index (χ0) is 14.0. The number of carbonyl (C=O) groups is 1. The van der Waals surface area contributed by atoms with Gasteiger partial charge >= 0.3 is 5.97 Å². The van der Waals surface area contributed by atoms with E-state index in [1.165, 1.54) is 11.3 Å². The van der Waals surface area contributed by atoms with Gasteiger partial charge in [-0.25, -0.2) is 17.9 Å². The average molecular weight is 300 g/mol. The van der Waals surface area contributed by atoms with Crippen LogP contribution in [-0.4, -0.2) is 24.5 Å². The molecule has 0 aliphatic rings. The van der Waals surface area contributed by atoms with Gasteiger partial charge in [0.15, 0.2) is 0 Å². The Morgan fingerprint density at radius 2 is 2.26 bits per heavy atom. The van der Waals surface area contributed by atoms with Crippen LogP contribution in [0.15, 0.2) is 28.6 Å². The van der Waals surface area contributed by atoms with Crippen molar-refractivity contribution >= 4 is 27.3 Å². The second kappa shape index (κ2) is 5.16. The highest BCUT2D eigenvalue weighted by atomic mass is 32.2. The molecule has 0 fully saturated rings. The summed E-state index contributed by atoms with van der Waals surface area (Å²) in [5.74, 6) is -1.20. The lowest BCUT2D eigenvalue weighted by molar-refractivity contribution is 0.0691. The van der Waals surface area contributed by atoms with Crippen molar-refractivity contribution in [2.45, 2.75) is 18.4 Å². The Morgan fingerprint density at radius 3 is 2.79 bits per heavy atom. The third-order valence-corrected chi connectivity index (χ3v) is 4.99. The molecule has 0 aliphatic heterocycles. The second-order valence-electron chi connectivity index (χ2n) is 3.91. The smallest absolute Gasteiger partial charge is 0.352 e. The second-order valence-corrected chi connectivity index (χ2v) is 6.67. The molecule has 2 aromatic rings. The van der Waals surface area contributed by atoms with Crippen molar-refractivity contribution in [2.75, 3.05) is 0 Å². The molecule has 0 unspecified atom stereocenters. The van der Waals surface area contributed by atoms with Crippen molar-refractivity contribution in [2.24, 2.45) is 0 Å². The molecule has 6 nitrogen and oxygen atoms in total. The minimum atomic E-state index is -3.70. The maximum Gasteiger partial charge on any atom is 0.352 e. The van der Waals surface area contributed by atoms with Crippen LogP contribution in [0.3, 0.4) is 0 Å². The maximum atomic E-state index is 12.0. The van der Waals surface area contributed by atoms with Crippen molar-refractivity contribution < 1.29 is 18.3 Å². The first-order valence-corrected chi connectivity index (χ1v) is 7.71. The first-order chi connectivity index (χ1) is 8.90. The number of hydrogen-bond acceptors (Lipinski definition) is 4. The van der Waals surface area contributed by atoms with Crippen LogP contribution in [0.5, 0.6) is 0 Å². The zero-order valence-corrected chi connectivity index (χ0v) is 11.6. The number of thiophene rings is 1. The SMILES string of the molecule is Cc1ccsc1CNS(=O)(=O)c1c[nH]c(C(=O)O)c1. The van der Waals surface area contributed by atoms with Crippen molar-refractivity contribution in [1.29, 1.82) is 0 Å². The molecule has 2 rings (SSSR count). The number of nitrogens with one attached hydrogen (secondary N) is 2. The molecule has 0 saturated heterocycles. The lowest BCUT2D eigenvalue weighted by atomic mass is 10.3. The molecule has 19 heavy (non-hydrogen) atoms. The molecule has 8 heteroatoms. The van der Waals surface area contributed by atoms with Crippen molar-refractivity contribution in [1.82, 2.24) is 9.71 Å². The number of sulfonamides is 1. The molecule has 0 spiro atoms. The van der Waals surface area contributed by atoms with Crippen molar-refractivity contribution in [3.8, 4) is 0 Å². The van der Waals surface area contributed by atoms with Crippen LogP contribution in [-0.2, 0) is 16.6 Å². The van der Waals surface area contributed by atoms with Gasteiger partial charge in [-0.3, -0.25) is 0 Å². The van der Waals surface area contributed by atoms with Gasteiger partial charge < -0.3 is 10.1 Å². The molecule has 0 aliphatic carbocycles. The zero-order valence-electron chi connectivity index (χ0n) is 10.0. The Hall–Kier alpha value is -1.64. The summed E-state index contributed by atoms with van der Waals surface area (Å²) in [7, 11) is -3.70. The topological polar surface area (TPSA) is 99.3 Å². The fourth-order valence-corrected chi connectivity index (χ4v) is 3.41. The van der Waals surface area contributed by atoms with Crippen molar-refractivity contribution in [3.05, 3.63) is 39.8 Å². The first kappa shape index (κ1) is 13.8. The molecular formula is C11H12N2O4S2. The lowest BCUT2D eigenvalue weighted by Gasteiger charge is -2.04. The van der Waals surface area contributed by atoms with Crippen LogP contribution in [0.1, 0.15) is 20.9 Å². The van der Waals surface area contributed by atoms with Crippen LogP contribution in [0.2, 0.25) is 0 Å². The molecule has 0 amide bonds. The first-order valence-electron chi connectivity index (χ1n) is 5.34. The molecule has 0 radical (unpaired) electrons. The predicted molar refractivity (Wildman–Crippen MR) is 70.8 cm³/mol. The Labute approximate surface area is 114 Å². The number of aryl methyl sites for hydroxylation is 1. The van der Waals surface area contributed by atoms with E-state index in [1.807, 2.05) is 18.4 Å². The van der Waals surface area contributed by atoms with E-state index in [2.05, 4.69) is 9.71 Å². The summed E-state index contributed by atoms with van der Waals surface area (Å²) in [4.78, 5) is 13.9. The van der Waals surface area contributed by atoms with Gasteiger partial charge in [0.05, 0.1) is 0 Å². The van der Waals surface area contributed by atoms with E-state index in [0.29, 0.717) is 0 Å². The van der Waals surface area contributed by atoms with Crippen LogP contribution >= 0.6 is 11.3 Å². The summed E-state index contributed by atoms with van der Waals surface area (Å²) in [6.45, 7) is 2.10. The summed E-state index contributed by atoms with van der Waals surface area (Å²) < 4.78 is 26.4. The van der Waals surface area contributed by atoms with E-state index in [4.69, 9.17) is 5.11 Å². The Kier molecular flexibility index (Phi) is 3.74. The molecule has 0 bridgehead atoms. The van der Waals surface area contributed by atoms with Gasteiger partial charge in [-0.15, -0.1) is 11.3 Å². The molecule has 0 aromatic carbocycles. The van der Waals surface area contributed by atoms with Crippen molar-refractivity contribution in [3.63, 3.8) is 0 Å². The number of aromatic nitrogens is 1. The van der Waals surface area contributed by atoms with Gasteiger partial charge in [0.1, 0.15) is 10.6 Å². The molecule has 102 valence electrons. The fourth-order valence-electron chi connectivity index (χ4n) is 1.48. The highest BCUT2D eigenvalue weighted by Gasteiger charge is 2.18. The third-order valence-electron chi connectivity index (χ3n) is 2.59. The third kappa shape index (κ3) is 3.03. The van der Waals surface area contributed by atoms with Gasteiger partial charge in [-0.05, 0) is 30.0 Å². The number of hydrogen-bond donors (Lipinski definition) is 3. The van der Waals surface area contributed by atoms with Crippen LogP contribution in [0, 0.1) is 6.92 Å². The number of H-pyrrole nitrogens is 1. The van der Waals surface area contributed by atoms with E-state index < -0.39 is 16.0 Å². The summed E-state index contributed by atoms with van der Waals surface area (Å²) in [5, 5.41) is 10.6. The van der Waals surface area contributed by atoms with Crippen LogP contribution < -0.4 is 4.72 Å². The number of aromatic carboxylic acids is 1. The Bertz CT molecular complexity index is 700. The van der Waals surface area contributed by atoms with Gasteiger partial charge in [0.2, 0.25) is 10.0 Å². The quantitative estimate of drug-likeness (QED) is 0.780. The Morgan fingerprint density at radius 1 is 1.53 bits per heavy atom. The molecule has 2 heterocycles. The number of carboxylic acid groups (broad SMARTS) is 1. The van der Waals surface area contributed by atoms with Gasteiger partial charge in [0.25, 0.3) is 0 Å². The highest BCUT2D eigenvalue weighted by Crippen LogP contribution is 2.17. The highest BCUT2D eigenvalue weighted by molar-refractivity contribution is 7.89. The fraction of sp³-hybridized carbons (Fsp3) is 0.182. The summed E-state index contributed by atoms with van der Waals surface area (Å²) in [6, 6.07) is 3.00. The number of carboxylic acids is 1. The largest absolute Gasteiger partial charge is 0.477 e. The average Bonchev–Trinajstić information content (AvgIpc) is 2.95. The van der Waals surface area contributed by atoms with E-state index in [1.54, 1.807) is 0 Å². The molecule has 0 atom stereocenters. The van der Waals surface area contributed by atoms with E-state index in [9.17, 15) is 13.2 Å². The standard InChI is InChI=1S/C11H12N2O4S2/c1-7-2-3-18-10(7)6-13-19(16,17)8-4-9(11(14)15)12-5-8/h2-5,12-13H,6H2,1H3,(H,14,15). The van der Waals surface area contributed by atoms with Crippen LogP contribution in [0.4, 0.5) is 0 Å². The Balaban J connectivity index is 2.14. The van der Waals surface area contributed by atoms with Crippen LogP contribution in [0.25, 0.3) is 0 Å². The lowest BCUT2D eigenvalue weighted by Crippen LogP contribution is -2.22. The summed E-state index contributed by atoms with van der Waals surface area (Å²) in [6.07, 6.45) is 1.16. The summed E-state index contributed by atoms with van der Waals surface area (Å²) in [5.41, 5.74) is 0.862. The molecular weight excluding hydrogens is 288 g/mol. The normalized spacial score (nSPS) is 11.6. The van der Waals surface area contributed by atoms with Gasteiger partial charge in [-0.2, -0.15) is 0 Å². The summed E-state index contributed by atoms with van der Waals surface area (Å²) >= 11 is 1.47. The minimum Gasteiger partial charge on any atom is -0.477 e. The maximum absolute atomic E-state index is 12.0. The van der Waals surface area contributed by atoms with E-state index in [-0.39, 0.29) is 17.1 Å². The number of aromatic amines is 1. The molecule has 2 aromatic heterocycles. The van der Waals surface area contributed by atoms with Gasteiger partial charge in [0, 0.05) is 17.6 Å². The van der Waals surface area contributed by atoms with E-state index >= 15 is 0 Å². The molecule has 3 N–H and O–H groups in total. The number of rotatable bonds is 5. The minimum absolute atomic E-state index is 0.0842. The molecule has 0 saturated carbocycles.